The first kappa shape index (κ1) is 19.5. The number of hydrogen-bond acceptors (Lipinski definition) is 2. The molecule has 1 unspecified atom stereocenters. The molecule has 4 rings (SSSR count). The van der Waals surface area contributed by atoms with Crippen molar-refractivity contribution in [3.8, 4) is 0 Å². The van der Waals surface area contributed by atoms with Crippen LogP contribution in [0, 0.1) is 12.8 Å². The van der Waals surface area contributed by atoms with Crippen molar-refractivity contribution >= 4 is 16.8 Å². The highest BCUT2D eigenvalue weighted by Crippen LogP contribution is 2.36. The number of aromatic nitrogens is 3. The van der Waals surface area contributed by atoms with Crippen LogP contribution in [-0.4, -0.2) is 27.2 Å². The van der Waals surface area contributed by atoms with Crippen LogP contribution in [0.4, 0.5) is 13.2 Å². The molecule has 1 amide bonds. The molecule has 2 heterocycles. The van der Waals surface area contributed by atoms with Gasteiger partial charge < -0.3 is 9.88 Å². The number of alkyl halides is 3. The fourth-order valence-electron chi connectivity index (χ4n) is 4.34. The number of carbonyl (C=O) groups is 1. The van der Waals surface area contributed by atoms with E-state index in [9.17, 15) is 18.0 Å². The molecule has 1 aromatic carbocycles. The highest BCUT2D eigenvalue weighted by Gasteiger charge is 2.40. The number of nitrogens with zero attached hydrogens (tertiary/aromatic N) is 2. The van der Waals surface area contributed by atoms with Crippen LogP contribution in [0.15, 0.2) is 24.4 Å². The normalized spacial score (nSPS) is 16.8. The van der Waals surface area contributed by atoms with Crippen molar-refractivity contribution in [2.75, 3.05) is 6.54 Å². The van der Waals surface area contributed by atoms with E-state index >= 15 is 0 Å². The third-order valence-electron chi connectivity index (χ3n) is 5.78. The Morgan fingerprint density at radius 1 is 1.38 bits per heavy atom. The zero-order valence-corrected chi connectivity index (χ0v) is 16.4. The largest absolute Gasteiger partial charge is 0.435 e. The lowest BCUT2D eigenvalue weighted by Gasteiger charge is -2.22. The van der Waals surface area contributed by atoms with Crippen molar-refractivity contribution in [1.82, 2.24) is 20.1 Å². The summed E-state index contributed by atoms with van der Waals surface area (Å²) in [6.07, 6.45) is -0.775. The lowest BCUT2D eigenvalue weighted by atomic mass is 9.85. The molecule has 2 N–H and O–H groups in total. The van der Waals surface area contributed by atoms with Crippen molar-refractivity contribution in [3.63, 3.8) is 0 Å². The van der Waals surface area contributed by atoms with Gasteiger partial charge in [0.1, 0.15) is 0 Å². The lowest BCUT2D eigenvalue weighted by Crippen LogP contribution is -2.35. The van der Waals surface area contributed by atoms with Gasteiger partial charge in [0.25, 0.3) is 0 Å². The smallest absolute Gasteiger partial charge is 0.356 e. The highest BCUT2D eigenvalue weighted by atomic mass is 19.4. The molecule has 0 spiro atoms. The maximum atomic E-state index is 13.1. The Balaban J connectivity index is 1.41. The first-order valence-corrected chi connectivity index (χ1v) is 9.70. The Hall–Kier alpha value is -2.77. The number of fused-ring (bicyclic) bond motifs is 2. The average Bonchev–Trinajstić information content (AvgIpc) is 3.23. The van der Waals surface area contributed by atoms with Gasteiger partial charge >= 0.3 is 6.18 Å². The van der Waals surface area contributed by atoms with E-state index in [2.05, 4.69) is 45.3 Å². The van der Waals surface area contributed by atoms with Crippen molar-refractivity contribution in [3.05, 3.63) is 52.5 Å². The first-order chi connectivity index (χ1) is 13.8. The molecule has 0 aliphatic heterocycles. The molecule has 154 valence electrons. The second-order valence-corrected chi connectivity index (χ2v) is 7.74. The van der Waals surface area contributed by atoms with Crippen LogP contribution in [0.2, 0.25) is 0 Å². The molecule has 0 saturated carbocycles. The molecule has 2 aromatic heterocycles. The molecule has 8 heteroatoms. The van der Waals surface area contributed by atoms with Crippen LogP contribution >= 0.6 is 0 Å². The lowest BCUT2D eigenvalue weighted by molar-refractivity contribution is -0.142. The third-order valence-corrected chi connectivity index (χ3v) is 5.78. The number of rotatable bonds is 4. The standard InChI is InChI=1S/C21H23F3N4O/c1-12-4-3-5-17-18(12)14(11-28(17)2)8-9-25-20(29)13-6-7-16-15(10-13)19(27-26-16)21(22,23)24/h3-5,11,13H,6-10H2,1-2H3,(H,25,29)(H,26,27). The van der Waals surface area contributed by atoms with Crippen LogP contribution in [-0.2, 0) is 37.3 Å². The van der Waals surface area contributed by atoms with Crippen molar-refractivity contribution in [2.45, 2.75) is 38.8 Å². The van der Waals surface area contributed by atoms with Gasteiger partial charge in [-0.2, -0.15) is 18.3 Å². The summed E-state index contributed by atoms with van der Waals surface area (Å²) < 4.78 is 41.4. The maximum absolute atomic E-state index is 13.1. The summed E-state index contributed by atoms with van der Waals surface area (Å²) in [4.78, 5) is 12.6. The SMILES string of the molecule is Cc1cccc2c1c(CCNC(=O)C1CCc3[nH]nc(C(F)(F)F)c3C1)cn2C. The number of hydrogen-bond donors (Lipinski definition) is 2. The summed E-state index contributed by atoms with van der Waals surface area (Å²) in [7, 11) is 1.99. The summed E-state index contributed by atoms with van der Waals surface area (Å²) in [6.45, 7) is 2.51. The van der Waals surface area contributed by atoms with Gasteiger partial charge in [-0.3, -0.25) is 9.89 Å². The summed E-state index contributed by atoms with van der Waals surface area (Å²) in [5.41, 5.74) is 3.22. The van der Waals surface area contributed by atoms with Crippen LogP contribution in [0.5, 0.6) is 0 Å². The van der Waals surface area contributed by atoms with Crippen LogP contribution in [0.1, 0.15) is 34.5 Å². The Labute approximate surface area is 166 Å². The minimum atomic E-state index is -4.51. The molecule has 5 nitrogen and oxygen atoms in total. The second-order valence-electron chi connectivity index (χ2n) is 7.74. The van der Waals surface area contributed by atoms with Crippen LogP contribution in [0.25, 0.3) is 10.9 Å². The molecular weight excluding hydrogens is 381 g/mol. The van der Waals surface area contributed by atoms with Crippen LogP contribution < -0.4 is 5.32 Å². The molecule has 0 fully saturated rings. The van der Waals surface area contributed by atoms with E-state index in [4.69, 9.17) is 0 Å². The van der Waals surface area contributed by atoms with E-state index in [0.717, 1.165) is 11.1 Å². The van der Waals surface area contributed by atoms with Crippen molar-refractivity contribution < 1.29 is 18.0 Å². The minimum Gasteiger partial charge on any atom is -0.356 e. The van der Waals surface area contributed by atoms with E-state index in [1.54, 1.807) is 0 Å². The number of amides is 1. The van der Waals surface area contributed by atoms with E-state index in [-0.39, 0.29) is 17.9 Å². The average molecular weight is 404 g/mol. The molecule has 3 aromatic rings. The van der Waals surface area contributed by atoms with Gasteiger partial charge in [-0.15, -0.1) is 0 Å². The quantitative estimate of drug-likeness (QED) is 0.697. The summed E-state index contributed by atoms with van der Waals surface area (Å²) in [5, 5.41) is 10.0. The number of benzene rings is 1. The highest BCUT2D eigenvalue weighted by molar-refractivity contribution is 5.87. The number of nitrogens with one attached hydrogen (secondary N) is 2. The van der Waals surface area contributed by atoms with Crippen molar-refractivity contribution in [2.24, 2.45) is 13.0 Å². The minimum absolute atomic E-state index is 0.0693. The van der Waals surface area contributed by atoms with E-state index in [1.807, 2.05) is 13.1 Å². The maximum Gasteiger partial charge on any atom is 0.435 e. The fraction of sp³-hybridized carbons (Fsp3) is 0.429. The summed E-state index contributed by atoms with van der Waals surface area (Å²) >= 11 is 0. The van der Waals surface area contributed by atoms with E-state index in [1.165, 1.54) is 10.9 Å². The zero-order chi connectivity index (χ0) is 20.8. The van der Waals surface area contributed by atoms with Crippen LogP contribution in [0.3, 0.4) is 0 Å². The predicted octanol–water partition coefficient (Wildman–Crippen LogP) is 3.69. The third kappa shape index (κ3) is 3.63. The number of halogens is 3. The van der Waals surface area contributed by atoms with Gasteiger partial charge in [0, 0.05) is 47.9 Å². The Bertz CT molecular complexity index is 1060. The molecule has 0 bridgehead atoms. The molecule has 0 saturated heterocycles. The van der Waals surface area contributed by atoms with Gasteiger partial charge in [-0.05, 0) is 49.8 Å². The summed E-state index contributed by atoms with van der Waals surface area (Å²) in [6, 6.07) is 6.14. The monoisotopic (exact) mass is 404 g/mol. The molecule has 0 radical (unpaired) electrons. The van der Waals surface area contributed by atoms with Gasteiger partial charge in [0.15, 0.2) is 5.69 Å². The molecule has 1 aliphatic rings. The van der Waals surface area contributed by atoms with Gasteiger partial charge in [0.2, 0.25) is 5.91 Å². The van der Waals surface area contributed by atoms with Crippen molar-refractivity contribution in [1.29, 1.82) is 0 Å². The molecule has 29 heavy (non-hydrogen) atoms. The fourth-order valence-corrected chi connectivity index (χ4v) is 4.34. The zero-order valence-electron chi connectivity index (χ0n) is 16.4. The molecule has 1 aliphatic carbocycles. The number of carbonyl (C=O) groups excluding carboxylic acids is 1. The Morgan fingerprint density at radius 2 is 2.17 bits per heavy atom. The Kier molecular flexibility index (Phi) is 4.88. The van der Waals surface area contributed by atoms with Gasteiger partial charge in [-0.25, -0.2) is 0 Å². The second kappa shape index (κ2) is 7.24. The van der Waals surface area contributed by atoms with Gasteiger partial charge in [-0.1, -0.05) is 12.1 Å². The number of H-pyrrole nitrogens is 1. The Morgan fingerprint density at radius 3 is 2.93 bits per heavy atom. The van der Waals surface area contributed by atoms with E-state index < -0.39 is 17.8 Å². The number of aromatic amines is 1. The first-order valence-electron chi connectivity index (χ1n) is 9.70. The predicted molar refractivity (Wildman–Crippen MR) is 103 cm³/mol. The number of aryl methyl sites for hydroxylation is 3. The summed E-state index contributed by atoms with van der Waals surface area (Å²) in [5.74, 6) is -0.655. The molecular formula is C21H23F3N4O. The van der Waals surface area contributed by atoms with E-state index in [0.29, 0.717) is 31.5 Å². The molecule has 1 atom stereocenters. The van der Waals surface area contributed by atoms with Gasteiger partial charge in [0.05, 0.1) is 0 Å². The topological polar surface area (TPSA) is 62.7 Å².